The Morgan fingerprint density at radius 2 is 1.80 bits per heavy atom. The molecule has 0 bridgehead atoms. The molecule has 0 aliphatic rings. The summed E-state index contributed by atoms with van der Waals surface area (Å²) in [5.41, 5.74) is 2.28. The van der Waals surface area contributed by atoms with Crippen LogP contribution in [0.5, 0.6) is 5.75 Å². The lowest BCUT2D eigenvalue weighted by atomic mass is 10.1. The SMILES string of the molecule is COc1ccc(C#Cc2ccc(C)cc2)c([N+](=O)[O-])c1. The van der Waals surface area contributed by atoms with Gasteiger partial charge < -0.3 is 4.74 Å². The molecule has 0 saturated heterocycles. The van der Waals surface area contributed by atoms with Gasteiger partial charge in [-0.2, -0.15) is 0 Å². The first-order valence-corrected chi connectivity index (χ1v) is 6.01. The van der Waals surface area contributed by atoms with Gasteiger partial charge in [-0.3, -0.25) is 10.1 Å². The van der Waals surface area contributed by atoms with Crippen LogP contribution < -0.4 is 4.74 Å². The first-order valence-electron chi connectivity index (χ1n) is 6.01. The van der Waals surface area contributed by atoms with Crippen LogP contribution >= 0.6 is 0 Å². The molecule has 20 heavy (non-hydrogen) atoms. The summed E-state index contributed by atoms with van der Waals surface area (Å²) in [7, 11) is 1.47. The van der Waals surface area contributed by atoms with Gasteiger partial charge in [0.15, 0.2) is 0 Å². The van der Waals surface area contributed by atoms with Gasteiger partial charge in [0.1, 0.15) is 11.3 Å². The molecule has 0 saturated carbocycles. The van der Waals surface area contributed by atoms with Crippen molar-refractivity contribution in [2.24, 2.45) is 0 Å². The summed E-state index contributed by atoms with van der Waals surface area (Å²) < 4.78 is 4.98. The van der Waals surface area contributed by atoms with Crippen molar-refractivity contribution in [3.05, 3.63) is 69.3 Å². The molecule has 0 aromatic heterocycles. The van der Waals surface area contributed by atoms with E-state index in [-0.39, 0.29) is 5.69 Å². The van der Waals surface area contributed by atoms with Crippen LogP contribution in [0.1, 0.15) is 16.7 Å². The number of nitrogens with zero attached hydrogens (tertiary/aromatic N) is 1. The molecule has 0 fully saturated rings. The van der Waals surface area contributed by atoms with Crippen LogP contribution in [0.2, 0.25) is 0 Å². The second-order valence-electron chi connectivity index (χ2n) is 4.26. The molecule has 0 amide bonds. The summed E-state index contributed by atoms with van der Waals surface area (Å²) in [4.78, 5) is 10.6. The third-order valence-electron chi connectivity index (χ3n) is 2.79. The fourth-order valence-electron chi connectivity index (χ4n) is 1.67. The Kier molecular flexibility index (Phi) is 4.02. The number of aryl methyl sites for hydroxylation is 1. The van der Waals surface area contributed by atoms with E-state index < -0.39 is 4.92 Å². The van der Waals surface area contributed by atoms with Crippen LogP contribution in [-0.2, 0) is 0 Å². The number of ether oxygens (including phenoxy) is 1. The summed E-state index contributed by atoms with van der Waals surface area (Å²) in [6.07, 6.45) is 0. The molecule has 2 rings (SSSR count). The molecule has 2 aromatic carbocycles. The second-order valence-corrected chi connectivity index (χ2v) is 4.26. The highest BCUT2D eigenvalue weighted by Gasteiger charge is 2.13. The monoisotopic (exact) mass is 267 g/mol. The van der Waals surface area contributed by atoms with E-state index >= 15 is 0 Å². The Morgan fingerprint density at radius 3 is 2.40 bits per heavy atom. The number of rotatable bonds is 2. The number of nitro benzene ring substituents is 1. The maximum atomic E-state index is 11.0. The molecule has 0 radical (unpaired) electrons. The van der Waals surface area contributed by atoms with E-state index in [1.54, 1.807) is 12.1 Å². The Balaban J connectivity index is 2.39. The fraction of sp³-hybridized carbons (Fsp3) is 0.125. The van der Waals surface area contributed by atoms with E-state index in [1.165, 1.54) is 13.2 Å². The highest BCUT2D eigenvalue weighted by atomic mass is 16.6. The Morgan fingerprint density at radius 1 is 1.10 bits per heavy atom. The molecule has 0 atom stereocenters. The normalized spacial score (nSPS) is 9.50. The van der Waals surface area contributed by atoms with Crippen LogP contribution in [0.15, 0.2) is 42.5 Å². The summed E-state index contributed by atoms with van der Waals surface area (Å²) in [5.74, 6) is 6.20. The largest absolute Gasteiger partial charge is 0.497 e. The van der Waals surface area contributed by atoms with Crippen molar-refractivity contribution in [1.82, 2.24) is 0 Å². The summed E-state index contributed by atoms with van der Waals surface area (Å²) in [6, 6.07) is 12.3. The Hall–Kier alpha value is -2.80. The third kappa shape index (κ3) is 3.15. The van der Waals surface area contributed by atoms with E-state index in [0.29, 0.717) is 11.3 Å². The highest BCUT2D eigenvalue weighted by molar-refractivity contribution is 5.56. The topological polar surface area (TPSA) is 52.4 Å². The molecular formula is C16H13NO3. The van der Waals surface area contributed by atoms with Crippen LogP contribution in [0.4, 0.5) is 5.69 Å². The van der Waals surface area contributed by atoms with Crippen molar-refractivity contribution in [1.29, 1.82) is 0 Å². The average Bonchev–Trinajstić information content (AvgIpc) is 2.46. The van der Waals surface area contributed by atoms with Crippen LogP contribution in [-0.4, -0.2) is 12.0 Å². The summed E-state index contributed by atoms with van der Waals surface area (Å²) in [5, 5.41) is 11.0. The molecule has 0 N–H and O–H groups in total. The van der Waals surface area contributed by atoms with Crippen LogP contribution in [0.3, 0.4) is 0 Å². The van der Waals surface area contributed by atoms with Gasteiger partial charge in [0.25, 0.3) is 5.69 Å². The van der Waals surface area contributed by atoms with Gasteiger partial charge in [-0.1, -0.05) is 29.5 Å². The van der Waals surface area contributed by atoms with Gasteiger partial charge in [0, 0.05) is 5.56 Å². The lowest BCUT2D eigenvalue weighted by molar-refractivity contribution is -0.385. The van der Waals surface area contributed by atoms with Crippen molar-refractivity contribution in [3.63, 3.8) is 0 Å². The lowest BCUT2D eigenvalue weighted by Gasteiger charge is -2.00. The first kappa shape index (κ1) is 13.6. The minimum absolute atomic E-state index is 0.0519. The van der Waals surface area contributed by atoms with Gasteiger partial charge >= 0.3 is 0 Å². The molecule has 0 aliphatic heterocycles. The van der Waals surface area contributed by atoms with E-state index in [2.05, 4.69) is 11.8 Å². The van der Waals surface area contributed by atoms with Crippen LogP contribution in [0, 0.1) is 28.9 Å². The molecule has 2 aromatic rings. The van der Waals surface area contributed by atoms with E-state index in [1.807, 2.05) is 31.2 Å². The molecule has 0 aliphatic carbocycles. The molecule has 100 valence electrons. The molecule has 4 nitrogen and oxygen atoms in total. The number of hydrogen-bond donors (Lipinski definition) is 0. The maximum absolute atomic E-state index is 11.0. The number of methoxy groups -OCH3 is 1. The minimum Gasteiger partial charge on any atom is -0.497 e. The van der Waals surface area contributed by atoms with Crippen molar-refractivity contribution < 1.29 is 9.66 Å². The minimum atomic E-state index is -0.457. The second kappa shape index (κ2) is 5.89. The Bertz CT molecular complexity index is 694. The molecule has 0 unspecified atom stereocenters. The van der Waals surface area contributed by atoms with Crippen LogP contribution in [0.25, 0.3) is 0 Å². The number of nitro groups is 1. The zero-order valence-corrected chi connectivity index (χ0v) is 11.2. The average molecular weight is 267 g/mol. The summed E-state index contributed by atoms with van der Waals surface area (Å²) in [6.45, 7) is 1.99. The molecule has 0 heterocycles. The van der Waals surface area contributed by atoms with Crippen molar-refractivity contribution in [3.8, 4) is 17.6 Å². The Labute approximate surface area is 117 Å². The van der Waals surface area contributed by atoms with E-state index in [9.17, 15) is 10.1 Å². The zero-order valence-electron chi connectivity index (χ0n) is 11.2. The fourth-order valence-corrected chi connectivity index (χ4v) is 1.67. The van der Waals surface area contributed by atoms with Gasteiger partial charge in [-0.15, -0.1) is 0 Å². The van der Waals surface area contributed by atoms with Gasteiger partial charge in [0.2, 0.25) is 0 Å². The third-order valence-corrected chi connectivity index (χ3v) is 2.79. The first-order chi connectivity index (χ1) is 9.60. The molecule has 0 spiro atoms. The van der Waals surface area contributed by atoms with E-state index in [4.69, 9.17) is 4.74 Å². The standard InChI is InChI=1S/C16H13NO3/c1-12-3-5-13(6-4-12)7-8-14-9-10-15(20-2)11-16(14)17(18)19/h3-6,9-11H,1-2H3. The van der Waals surface area contributed by atoms with Crippen molar-refractivity contribution in [2.45, 2.75) is 6.92 Å². The van der Waals surface area contributed by atoms with Gasteiger partial charge in [-0.25, -0.2) is 0 Å². The number of benzene rings is 2. The predicted octanol–water partition coefficient (Wildman–Crippen LogP) is 3.31. The van der Waals surface area contributed by atoms with Gasteiger partial charge in [0.05, 0.1) is 18.1 Å². The van der Waals surface area contributed by atoms with Crippen molar-refractivity contribution in [2.75, 3.05) is 7.11 Å². The molecule has 4 heteroatoms. The number of hydrogen-bond acceptors (Lipinski definition) is 3. The van der Waals surface area contributed by atoms with Gasteiger partial charge in [-0.05, 0) is 31.2 Å². The summed E-state index contributed by atoms with van der Waals surface area (Å²) >= 11 is 0. The lowest BCUT2D eigenvalue weighted by Crippen LogP contribution is -1.93. The van der Waals surface area contributed by atoms with E-state index in [0.717, 1.165) is 11.1 Å². The van der Waals surface area contributed by atoms with Crippen molar-refractivity contribution >= 4 is 5.69 Å². The highest BCUT2D eigenvalue weighted by Crippen LogP contribution is 2.23. The smallest absolute Gasteiger partial charge is 0.288 e. The quantitative estimate of drug-likeness (QED) is 0.476. The predicted molar refractivity (Wildman–Crippen MR) is 76.8 cm³/mol. The maximum Gasteiger partial charge on any atom is 0.288 e. The zero-order chi connectivity index (χ0) is 14.5. The molecular weight excluding hydrogens is 254 g/mol.